The van der Waals surface area contributed by atoms with Crippen molar-refractivity contribution in [3.05, 3.63) is 54.1 Å². The van der Waals surface area contributed by atoms with Gasteiger partial charge in [-0.3, -0.25) is 0 Å². The molecule has 0 spiro atoms. The highest BCUT2D eigenvalue weighted by molar-refractivity contribution is 9.10. The molecule has 1 N–H and O–H groups in total. The van der Waals surface area contributed by atoms with Crippen molar-refractivity contribution in [2.45, 2.75) is 10.9 Å². The fraction of sp³-hybridized carbons (Fsp3) is 0.167. The highest BCUT2D eigenvalue weighted by Gasteiger charge is 2.20. The van der Waals surface area contributed by atoms with Crippen molar-refractivity contribution in [3.8, 4) is 0 Å². The molecule has 0 aliphatic heterocycles. The van der Waals surface area contributed by atoms with Crippen LogP contribution in [0.15, 0.2) is 48.6 Å². The Morgan fingerprint density at radius 2 is 1.93 bits per heavy atom. The highest BCUT2D eigenvalue weighted by Crippen LogP contribution is 2.30. The van der Waals surface area contributed by atoms with E-state index in [1.54, 1.807) is 6.08 Å². The maximum atomic E-state index is 9.62. The molecule has 1 aliphatic rings. The van der Waals surface area contributed by atoms with Crippen molar-refractivity contribution >= 4 is 21.5 Å². The molecule has 1 unspecified atom stereocenters. The summed E-state index contributed by atoms with van der Waals surface area (Å²) >= 11 is 3.22. The van der Waals surface area contributed by atoms with E-state index in [0.717, 1.165) is 5.57 Å². The van der Waals surface area contributed by atoms with Gasteiger partial charge in [0.25, 0.3) is 0 Å². The van der Waals surface area contributed by atoms with Crippen molar-refractivity contribution in [1.29, 1.82) is 0 Å². The maximum Gasteiger partial charge on any atom is 0.141 e. The lowest BCUT2D eigenvalue weighted by Crippen LogP contribution is -2.16. The molecule has 1 nitrogen and oxygen atoms in total. The minimum Gasteiger partial charge on any atom is -0.375 e. The van der Waals surface area contributed by atoms with Gasteiger partial charge >= 0.3 is 0 Å². The van der Waals surface area contributed by atoms with Crippen LogP contribution in [0.2, 0.25) is 0 Å². The summed E-state index contributed by atoms with van der Waals surface area (Å²) in [6, 6.07) is 10.2. The summed E-state index contributed by atoms with van der Waals surface area (Å²) in [5, 5.41) is 9.62. The van der Waals surface area contributed by atoms with E-state index in [2.05, 4.69) is 28.1 Å². The first-order valence-electron chi connectivity index (χ1n) is 4.53. The van der Waals surface area contributed by atoms with Crippen molar-refractivity contribution in [2.24, 2.45) is 0 Å². The minimum atomic E-state index is -0.856. The third-order valence-electron chi connectivity index (χ3n) is 2.23. The summed E-state index contributed by atoms with van der Waals surface area (Å²) in [6.07, 6.45) is 6.35. The van der Waals surface area contributed by atoms with Gasteiger partial charge in [-0.25, -0.2) is 0 Å². The van der Waals surface area contributed by atoms with Crippen molar-refractivity contribution in [1.82, 2.24) is 0 Å². The molecule has 72 valence electrons. The zero-order valence-electron chi connectivity index (χ0n) is 7.65. The summed E-state index contributed by atoms with van der Waals surface area (Å²) in [4.78, 5) is 0. The van der Waals surface area contributed by atoms with E-state index < -0.39 is 4.51 Å². The van der Waals surface area contributed by atoms with E-state index in [1.807, 2.05) is 30.4 Å². The number of alkyl halides is 1. The van der Waals surface area contributed by atoms with Crippen LogP contribution in [0.5, 0.6) is 0 Å². The third kappa shape index (κ3) is 2.14. The van der Waals surface area contributed by atoms with E-state index in [9.17, 15) is 5.11 Å². The molecule has 1 aromatic carbocycles. The smallest absolute Gasteiger partial charge is 0.141 e. The van der Waals surface area contributed by atoms with Crippen LogP contribution >= 0.6 is 15.9 Å². The predicted molar refractivity (Wildman–Crippen MR) is 62.1 cm³/mol. The highest BCUT2D eigenvalue weighted by atomic mass is 79.9. The van der Waals surface area contributed by atoms with E-state index >= 15 is 0 Å². The summed E-state index contributed by atoms with van der Waals surface area (Å²) in [5.41, 5.74) is 2.35. The van der Waals surface area contributed by atoms with Crippen molar-refractivity contribution < 1.29 is 5.11 Å². The molecular weight excluding hydrogens is 240 g/mol. The molecule has 1 atom stereocenters. The second-order valence-corrected chi connectivity index (χ2v) is 4.75. The minimum absolute atomic E-state index is 0.605. The van der Waals surface area contributed by atoms with Gasteiger partial charge in [-0.05, 0) is 33.1 Å². The van der Waals surface area contributed by atoms with Gasteiger partial charge < -0.3 is 5.11 Å². The summed E-state index contributed by atoms with van der Waals surface area (Å²) < 4.78 is -0.856. The van der Waals surface area contributed by atoms with Gasteiger partial charge in [0.2, 0.25) is 0 Å². The maximum absolute atomic E-state index is 9.62. The Hall–Kier alpha value is -0.860. The molecule has 0 saturated heterocycles. The van der Waals surface area contributed by atoms with Crippen LogP contribution in [-0.4, -0.2) is 9.62 Å². The van der Waals surface area contributed by atoms with E-state index in [1.165, 1.54) is 5.56 Å². The number of hydrogen-bond donors (Lipinski definition) is 1. The molecular formula is C12H11BrO. The Balaban J connectivity index is 2.25. The molecule has 14 heavy (non-hydrogen) atoms. The second-order valence-electron chi connectivity index (χ2n) is 3.38. The van der Waals surface area contributed by atoms with E-state index in [-0.39, 0.29) is 0 Å². The molecule has 0 aromatic heterocycles. The summed E-state index contributed by atoms with van der Waals surface area (Å²) in [7, 11) is 0. The van der Waals surface area contributed by atoms with Crippen molar-refractivity contribution in [2.75, 3.05) is 0 Å². The lowest BCUT2D eigenvalue weighted by Gasteiger charge is -2.19. The van der Waals surface area contributed by atoms with Crippen LogP contribution < -0.4 is 0 Å². The van der Waals surface area contributed by atoms with Crippen molar-refractivity contribution in [3.63, 3.8) is 0 Å². The van der Waals surface area contributed by atoms with Gasteiger partial charge in [0, 0.05) is 6.42 Å². The molecule has 2 heteroatoms. The molecule has 1 aliphatic carbocycles. The monoisotopic (exact) mass is 250 g/mol. The number of benzene rings is 1. The number of rotatable bonds is 1. The van der Waals surface area contributed by atoms with Gasteiger partial charge in [-0.1, -0.05) is 42.5 Å². The molecule has 0 saturated carbocycles. The molecule has 0 heterocycles. The average molecular weight is 251 g/mol. The van der Waals surface area contributed by atoms with Gasteiger partial charge in [-0.15, -0.1) is 0 Å². The quantitative estimate of drug-likeness (QED) is 0.760. The van der Waals surface area contributed by atoms with E-state index in [0.29, 0.717) is 6.42 Å². The fourth-order valence-corrected chi connectivity index (χ4v) is 1.75. The first kappa shape index (κ1) is 9.69. The molecule has 1 aromatic rings. The molecule has 2 rings (SSSR count). The zero-order valence-corrected chi connectivity index (χ0v) is 9.24. The SMILES string of the molecule is OC1(Br)C=CC(c2ccccc2)=CC1. The largest absolute Gasteiger partial charge is 0.375 e. The fourth-order valence-electron chi connectivity index (χ4n) is 1.45. The van der Waals surface area contributed by atoms with Crippen LogP contribution in [0.1, 0.15) is 12.0 Å². The Labute approximate surface area is 91.9 Å². The van der Waals surface area contributed by atoms with Crippen LogP contribution in [-0.2, 0) is 0 Å². The Morgan fingerprint density at radius 1 is 1.21 bits per heavy atom. The first-order valence-corrected chi connectivity index (χ1v) is 5.33. The third-order valence-corrected chi connectivity index (χ3v) is 2.82. The van der Waals surface area contributed by atoms with Gasteiger partial charge in [0.15, 0.2) is 0 Å². The molecule has 0 amide bonds. The van der Waals surface area contributed by atoms with Gasteiger partial charge in [-0.2, -0.15) is 0 Å². The van der Waals surface area contributed by atoms with Crippen LogP contribution in [0.4, 0.5) is 0 Å². The standard InChI is InChI=1S/C12H11BrO/c13-12(14)8-6-11(7-9-12)10-4-2-1-3-5-10/h1-8,14H,9H2. The summed E-state index contributed by atoms with van der Waals surface area (Å²) in [5.74, 6) is 0. The van der Waals surface area contributed by atoms with Crippen LogP contribution in [0, 0.1) is 0 Å². The van der Waals surface area contributed by atoms with Crippen LogP contribution in [0.3, 0.4) is 0 Å². The van der Waals surface area contributed by atoms with Crippen LogP contribution in [0.25, 0.3) is 5.57 Å². The number of aliphatic hydroxyl groups is 1. The first-order chi connectivity index (χ1) is 6.67. The number of hydrogen-bond acceptors (Lipinski definition) is 1. The Bertz CT molecular complexity index is 377. The van der Waals surface area contributed by atoms with Gasteiger partial charge in [0.1, 0.15) is 4.51 Å². The second kappa shape index (κ2) is 3.71. The topological polar surface area (TPSA) is 20.2 Å². The Morgan fingerprint density at radius 3 is 2.50 bits per heavy atom. The average Bonchev–Trinajstić information content (AvgIpc) is 2.19. The predicted octanol–water partition coefficient (Wildman–Crippen LogP) is 3.11. The molecule has 0 bridgehead atoms. The summed E-state index contributed by atoms with van der Waals surface area (Å²) in [6.45, 7) is 0. The lowest BCUT2D eigenvalue weighted by molar-refractivity contribution is 0.198. The lowest BCUT2D eigenvalue weighted by atomic mass is 9.98. The zero-order chi connectivity index (χ0) is 10.0. The Kier molecular flexibility index (Phi) is 2.57. The number of allylic oxidation sites excluding steroid dienone is 2. The van der Waals surface area contributed by atoms with E-state index in [4.69, 9.17) is 0 Å². The van der Waals surface area contributed by atoms with Gasteiger partial charge in [0.05, 0.1) is 0 Å². The molecule has 0 radical (unpaired) electrons. The number of halogens is 1. The normalized spacial score (nSPS) is 26.0. The molecule has 0 fully saturated rings.